The summed E-state index contributed by atoms with van der Waals surface area (Å²) in [6.07, 6.45) is 2.95. The lowest BCUT2D eigenvalue weighted by Crippen LogP contribution is -2.47. The molecule has 1 heterocycles. The number of amides is 1. The van der Waals surface area contributed by atoms with Gasteiger partial charge in [0.1, 0.15) is 0 Å². The second-order valence-electron chi connectivity index (χ2n) is 6.43. The molecule has 6 nitrogen and oxygen atoms in total. The van der Waals surface area contributed by atoms with Gasteiger partial charge in [-0.25, -0.2) is 0 Å². The highest BCUT2D eigenvalue weighted by Gasteiger charge is 2.26. The number of carbonyl (C=O) groups is 1. The van der Waals surface area contributed by atoms with Crippen LogP contribution in [0.2, 0.25) is 0 Å². The van der Waals surface area contributed by atoms with Gasteiger partial charge in [-0.1, -0.05) is 18.2 Å². The van der Waals surface area contributed by atoms with Crippen LogP contribution in [0.5, 0.6) is 0 Å². The minimum absolute atomic E-state index is 0. The topological polar surface area (TPSA) is 81.3 Å². The molecule has 0 aliphatic rings. The average Bonchev–Trinajstić information content (AvgIpc) is 3.00. The van der Waals surface area contributed by atoms with E-state index in [0.29, 0.717) is 12.5 Å². The van der Waals surface area contributed by atoms with E-state index in [0.717, 1.165) is 18.5 Å². The number of fused-ring (bicyclic) bond motifs is 1. The second-order valence-corrected chi connectivity index (χ2v) is 6.43. The van der Waals surface area contributed by atoms with E-state index in [1.807, 2.05) is 19.9 Å². The number of guanidine groups is 1. The summed E-state index contributed by atoms with van der Waals surface area (Å²) >= 11 is 0. The molecule has 0 spiro atoms. The molecule has 0 saturated heterocycles. The van der Waals surface area contributed by atoms with Gasteiger partial charge in [-0.3, -0.25) is 9.79 Å². The summed E-state index contributed by atoms with van der Waals surface area (Å²) in [7, 11) is 3.38. The summed E-state index contributed by atoms with van der Waals surface area (Å²) in [5, 5.41) is 10.4. The van der Waals surface area contributed by atoms with Crippen LogP contribution in [0.3, 0.4) is 0 Å². The van der Waals surface area contributed by atoms with Crippen molar-refractivity contribution in [3.05, 3.63) is 36.0 Å². The Labute approximate surface area is 166 Å². The van der Waals surface area contributed by atoms with Crippen LogP contribution in [-0.4, -0.2) is 44.0 Å². The minimum Gasteiger partial charge on any atom is -0.361 e. The molecule has 0 unspecified atom stereocenters. The van der Waals surface area contributed by atoms with Crippen LogP contribution < -0.4 is 16.0 Å². The van der Waals surface area contributed by atoms with E-state index < -0.39 is 5.41 Å². The molecule has 0 fully saturated rings. The highest BCUT2D eigenvalue weighted by atomic mass is 127. The molecule has 0 bridgehead atoms. The fraction of sp³-hybridized carbons (Fsp3) is 0.444. The molecule has 4 N–H and O–H groups in total. The molecule has 1 aromatic carbocycles. The van der Waals surface area contributed by atoms with E-state index in [9.17, 15) is 4.79 Å². The van der Waals surface area contributed by atoms with E-state index >= 15 is 0 Å². The minimum atomic E-state index is -0.497. The molecule has 0 radical (unpaired) electrons. The van der Waals surface area contributed by atoms with Gasteiger partial charge in [0.25, 0.3) is 0 Å². The van der Waals surface area contributed by atoms with Gasteiger partial charge in [-0.05, 0) is 31.9 Å². The van der Waals surface area contributed by atoms with Crippen molar-refractivity contribution in [2.75, 3.05) is 27.2 Å². The predicted octanol–water partition coefficient (Wildman–Crippen LogP) is 2.27. The number of aromatic nitrogens is 1. The normalized spacial score (nSPS) is 11.8. The van der Waals surface area contributed by atoms with E-state index in [2.05, 4.69) is 50.3 Å². The molecule has 0 saturated carbocycles. The van der Waals surface area contributed by atoms with Crippen LogP contribution in [0, 0.1) is 5.41 Å². The molecule has 2 aromatic rings. The molecule has 0 aliphatic carbocycles. The number of halogens is 1. The number of nitrogens with one attached hydrogen (secondary N) is 4. The molecule has 25 heavy (non-hydrogen) atoms. The first-order chi connectivity index (χ1) is 11.5. The number of para-hydroxylation sites is 1. The number of benzene rings is 1. The van der Waals surface area contributed by atoms with Gasteiger partial charge in [-0.2, -0.15) is 0 Å². The third kappa shape index (κ3) is 5.62. The number of hydrogen-bond acceptors (Lipinski definition) is 2. The first-order valence-electron chi connectivity index (χ1n) is 8.19. The SMILES string of the molecule is CN=C(NCCc1c[nH]c2ccccc12)NCC(C)(C)C(=O)NC.I. The van der Waals surface area contributed by atoms with Gasteiger partial charge in [0.05, 0.1) is 5.41 Å². The Hall–Kier alpha value is -1.77. The summed E-state index contributed by atoms with van der Waals surface area (Å²) in [5.74, 6) is 0.705. The van der Waals surface area contributed by atoms with Crippen molar-refractivity contribution >= 4 is 46.7 Å². The molecule has 0 atom stereocenters. The molecule has 138 valence electrons. The van der Waals surface area contributed by atoms with E-state index in [1.54, 1.807) is 14.1 Å². The number of H-pyrrole nitrogens is 1. The van der Waals surface area contributed by atoms with Gasteiger partial charge in [-0.15, -0.1) is 24.0 Å². The van der Waals surface area contributed by atoms with Crippen molar-refractivity contribution in [1.29, 1.82) is 0 Å². The van der Waals surface area contributed by atoms with Crippen LogP contribution >= 0.6 is 24.0 Å². The Balaban J connectivity index is 0.00000312. The first kappa shape index (κ1) is 21.3. The van der Waals surface area contributed by atoms with Gasteiger partial charge in [0.15, 0.2) is 5.96 Å². The Morgan fingerprint density at radius 3 is 2.64 bits per heavy atom. The standard InChI is InChI=1S/C18H27N5O.HI/c1-18(2,16(24)19-3)12-23-17(20-4)21-10-9-13-11-22-15-8-6-5-7-14(13)15;/h5-8,11,22H,9-10,12H2,1-4H3,(H,19,24)(H2,20,21,23);1H. The zero-order chi connectivity index (χ0) is 17.6. The van der Waals surface area contributed by atoms with Crippen molar-refractivity contribution in [3.63, 3.8) is 0 Å². The fourth-order valence-electron chi connectivity index (χ4n) is 2.60. The fourth-order valence-corrected chi connectivity index (χ4v) is 2.60. The molecular formula is C18H28IN5O. The van der Waals surface area contributed by atoms with Crippen LogP contribution in [-0.2, 0) is 11.2 Å². The predicted molar refractivity (Wildman–Crippen MR) is 115 cm³/mol. The smallest absolute Gasteiger partial charge is 0.227 e. The maximum absolute atomic E-state index is 11.8. The average molecular weight is 457 g/mol. The van der Waals surface area contributed by atoms with Crippen molar-refractivity contribution in [2.45, 2.75) is 20.3 Å². The molecule has 1 amide bonds. The number of rotatable bonds is 6. The van der Waals surface area contributed by atoms with Crippen molar-refractivity contribution < 1.29 is 4.79 Å². The highest BCUT2D eigenvalue weighted by Crippen LogP contribution is 2.17. The highest BCUT2D eigenvalue weighted by molar-refractivity contribution is 14.0. The van der Waals surface area contributed by atoms with Gasteiger partial charge < -0.3 is 20.9 Å². The van der Waals surface area contributed by atoms with Crippen LogP contribution in [0.15, 0.2) is 35.5 Å². The van der Waals surface area contributed by atoms with Crippen molar-refractivity contribution in [2.24, 2.45) is 10.4 Å². The molecular weight excluding hydrogens is 429 g/mol. The van der Waals surface area contributed by atoms with Crippen LogP contribution in [0.1, 0.15) is 19.4 Å². The Morgan fingerprint density at radius 2 is 1.96 bits per heavy atom. The maximum atomic E-state index is 11.8. The lowest BCUT2D eigenvalue weighted by Gasteiger charge is -2.24. The molecule has 7 heteroatoms. The zero-order valence-corrected chi connectivity index (χ0v) is 17.6. The summed E-state index contributed by atoms with van der Waals surface area (Å²) in [6.45, 7) is 5.08. The monoisotopic (exact) mass is 457 g/mol. The molecule has 0 aliphatic heterocycles. The van der Waals surface area contributed by atoms with Gasteiger partial charge in [0.2, 0.25) is 5.91 Å². The molecule has 1 aromatic heterocycles. The number of nitrogens with zero attached hydrogens (tertiary/aromatic N) is 1. The number of carbonyl (C=O) groups excluding carboxylic acids is 1. The van der Waals surface area contributed by atoms with Crippen LogP contribution in [0.4, 0.5) is 0 Å². The number of aliphatic imine (C=N–C) groups is 1. The Bertz CT molecular complexity index is 723. The van der Waals surface area contributed by atoms with Crippen molar-refractivity contribution in [3.8, 4) is 0 Å². The van der Waals surface area contributed by atoms with Gasteiger partial charge in [0, 0.05) is 44.3 Å². The third-order valence-electron chi connectivity index (χ3n) is 4.12. The van der Waals surface area contributed by atoms with E-state index in [4.69, 9.17) is 0 Å². The summed E-state index contributed by atoms with van der Waals surface area (Å²) < 4.78 is 0. The quantitative estimate of drug-likeness (QED) is 0.305. The maximum Gasteiger partial charge on any atom is 0.227 e. The van der Waals surface area contributed by atoms with E-state index in [1.165, 1.54) is 10.9 Å². The lowest BCUT2D eigenvalue weighted by atomic mass is 9.92. The Kier molecular flexibility index (Phi) is 8.21. The number of aromatic amines is 1. The summed E-state index contributed by atoms with van der Waals surface area (Å²) in [6, 6.07) is 8.28. The third-order valence-corrected chi connectivity index (χ3v) is 4.12. The summed E-state index contributed by atoms with van der Waals surface area (Å²) in [5.41, 5.74) is 1.94. The van der Waals surface area contributed by atoms with Crippen molar-refractivity contribution in [1.82, 2.24) is 20.9 Å². The zero-order valence-electron chi connectivity index (χ0n) is 15.3. The Morgan fingerprint density at radius 1 is 1.24 bits per heavy atom. The number of hydrogen-bond donors (Lipinski definition) is 4. The van der Waals surface area contributed by atoms with E-state index in [-0.39, 0.29) is 29.9 Å². The van der Waals surface area contributed by atoms with Crippen LogP contribution in [0.25, 0.3) is 10.9 Å². The lowest BCUT2D eigenvalue weighted by molar-refractivity contribution is -0.128. The second kappa shape index (κ2) is 9.65. The first-order valence-corrected chi connectivity index (χ1v) is 8.19. The van der Waals surface area contributed by atoms with Gasteiger partial charge >= 0.3 is 0 Å². The molecule has 2 rings (SSSR count). The summed E-state index contributed by atoms with van der Waals surface area (Å²) in [4.78, 5) is 19.3. The largest absolute Gasteiger partial charge is 0.361 e.